The van der Waals surface area contributed by atoms with Crippen molar-refractivity contribution in [2.75, 3.05) is 18.1 Å². The number of ether oxygens (including phenoxy) is 1. The molecule has 1 aliphatic carbocycles. The molecule has 0 saturated heterocycles. The second-order valence-corrected chi connectivity index (χ2v) is 5.26. The lowest BCUT2D eigenvalue weighted by molar-refractivity contribution is -0.384. The van der Waals surface area contributed by atoms with E-state index in [1.54, 1.807) is 12.1 Å². The number of hydrogen-bond acceptors (Lipinski definition) is 5. The lowest BCUT2D eigenvalue weighted by Crippen LogP contribution is -2.28. The first-order valence-corrected chi connectivity index (χ1v) is 6.85. The van der Waals surface area contributed by atoms with E-state index in [0.717, 1.165) is 18.5 Å². The first-order chi connectivity index (χ1) is 9.51. The molecule has 0 amide bonds. The normalized spacial score (nSPS) is 14.4. The van der Waals surface area contributed by atoms with Crippen molar-refractivity contribution in [3.8, 4) is 5.75 Å². The summed E-state index contributed by atoms with van der Waals surface area (Å²) in [5.74, 6) is 0.493. The molecular formula is C14H20N2O4. The highest BCUT2D eigenvalue weighted by molar-refractivity contribution is 5.59. The average molecular weight is 280 g/mol. The minimum Gasteiger partial charge on any atom is -0.491 e. The van der Waals surface area contributed by atoms with Gasteiger partial charge in [-0.25, -0.2) is 0 Å². The van der Waals surface area contributed by atoms with Crippen molar-refractivity contribution < 1.29 is 14.8 Å². The van der Waals surface area contributed by atoms with Crippen molar-refractivity contribution in [1.29, 1.82) is 0 Å². The number of nitrogens with zero attached hydrogens (tertiary/aromatic N) is 2. The van der Waals surface area contributed by atoms with Gasteiger partial charge < -0.3 is 14.7 Å². The minimum absolute atomic E-state index is 0.0155. The van der Waals surface area contributed by atoms with Crippen molar-refractivity contribution in [1.82, 2.24) is 0 Å². The molecule has 2 rings (SSSR count). The molecule has 6 heteroatoms. The van der Waals surface area contributed by atoms with Gasteiger partial charge in [-0.1, -0.05) is 0 Å². The molecule has 0 heterocycles. The third kappa shape index (κ3) is 3.60. The van der Waals surface area contributed by atoms with Crippen LogP contribution in [0, 0.1) is 10.1 Å². The molecule has 0 spiro atoms. The summed E-state index contributed by atoms with van der Waals surface area (Å²) in [6.07, 6.45) is 2.07. The summed E-state index contributed by atoms with van der Waals surface area (Å²) < 4.78 is 5.58. The fourth-order valence-corrected chi connectivity index (χ4v) is 2.20. The van der Waals surface area contributed by atoms with Gasteiger partial charge in [-0.2, -0.15) is 0 Å². The Morgan fingerprint density at radius 3 is 2.65 bits per heavy atom. The zero-order chi connectivity index (χ0) is 14.7. The molecule has 1 aromatic rings. The predicted molar refractivity (Wildman–Crippen MR) is 76.3 cm³/mol. The van der Waals surface area contributed by atoms with Crippen molar-refractivity contribution in [3.63, 3.8) is 0 Å². The molecule has 1 aliphatic rings. The Hall–Kier alpha value is -1.82. The van der Waals surface area contributed by atoms with Gasteiger partial charge in [0.2, 0.25) is 0 Å². The molecule has 0 radical (unpaired) electrons. The molecule has 1 aromatic carbocycles. The van der Waals surface area contributed by atoms with Crippen LogP contribution in [0.2, 0.25) is 0 Å². The monoisotopic (exact) mass is 280 g/mol. The van der Waals surface area contributed by atoms with Crippen LogP contribution in [0.3, 0.4) is 0 Å². The van der Waals surface area contributed by atoms with E-state index >= 15 is 0 Å². The van der Waals surface area contributed by atoms with Crippen molar-refractivity contribution in [2.45, 2.75) is 38.8 Å². The van der Waals surface area contributed by atoms with Crippen molar-refractivity contribution >= 4 is 11.4 Å². The molecule has 20 heavy (non-hydrogen) atoms. The lowest BCUT2D eigenvalue weighted by atomic mass is 10.2. The number of nitro benzene ring substituents is 1. The largest absolute Gasteiger partial charge is 0.491 e. The molecule has 1 N–H and O–H groups in total. The molecule has 6 nitrogen and oxygen atoms in total. The highest BCUT2D eigenvalue weighted by atomic mass is 16.6. The fraction of sp³-hybridized carbons (Fsp3) is 0.571. The van der Waals surface area contributed by atoms with E-state index in [2.05, 4.69) is 0 Å². The predicted octanol–water partition coefficient (Wildman–Crippen LogP) is 2.34. The molecule has 1 saturated carbocycles. The van der Waals surface area contributed by atoms with Crippen LogP contribution in [-0.4, -0.2) is 35.3 Å². The topological polar surface area (TPSA) is 75.8 Å². The van der Waals surface area contributed by atoms with Gasteiger partial charge in [-0.15, -0.1) is 0 Å². The highest BCUT2D eigenvalue weighted by Gasteiger charge is 2.30. The number of anilines is 1. The van der Waals surface area contributed by atoms with Crippen LogP contribution >= 0.6 is 0 Å². The lowest BCUT2D eigenvalue weighted by Gasteiger charge is -2.24. The Bertz CT molecular complexity index is 486. The van der Waals surface area contributed by atoms with Crippen LogP contribution in [0.5, 0.6) is 5.75 Å². The van der Waals surface area contributed by atoms with E-state index in [-0.39, 0.29) is 18.4 Å². The maximum atomic E-state index is 11.0. The maximum absolute atomic E-state index is 11.0. The fourth-order valence-electron chi connectivity index (χ4n) is 2.20. The van der Waals surface area contributed by atoms with Crippen LogP contribution in [0.25, 0.3) is 0 Å². The summed E-state index contributed by atoms with van der Waals surface area (Å²) in [5.41, 5.74) is 0.758. The molecule has 1 fully saturated rings. The van der Waals surface area contributed by atoms with E-state index in [9.17, 15) is 10.1 Å². The van der Waals surface area contributed by atoms with Crippen LogP contribution in [0.15, 0.2) is 18.2 Å². The molecular weight excluding hydrogens is 260 g/mol. The van der Waals surface area contributed by atoms with Gasteiger partial charge in [-0.3, -0.25) is 10.1 Å². The van der Waals surface area contributed by atoms with E-state index in [1.807, 2.05) is 18.7 Å². The minimum atomic E-state index is -0.416. The Morgan fingerprint density at radius 2 is 2.15 bits per heavy atom. The SMILES string of the molecule is CC(C)Oc1cc(N(CCO)C2CC2)cc([N+](=O)[O-])c1. The number of aliphatic hydroxyl groups excluding tert-OH is 1. The standard InChI is InChI=1S/C14H20N2O4/c1-10(2)20-14-8-12(7-13(9-14)16(18)19)15(5-6-17)11-3-4-11/h7-11,17H,3-6H2,1-2H3. The summed E-state index contributed by atoms with van der Waals surface area (Å²) >= 11 is 0. The Balaban J connectivity index is 2.34. The number of benzene rings is 1. The van der Waals surface area contributed by atoms with Gasteiger partial charge in [0.1, 0.15) is 5.75 Å². The number of non-ortho nitro benzene ring substituents is 1. The van der Waals surface area contributed by atoms with Crippen LogP contribution in [0.4, 0.5) is 11.4 Å². The van der Waals surface area contributed by atoms with Gasteiger partial charge >= 0.3 is 0 Å². The summed E-state index contributed by atoms with van der Waals surface area (Å²) in [5, 5.41) is 20.2. The Kier molecular flexibility index (Phi) is 4.44. The third-order valence-electron chi connectivity index (χ3n) is 3.12. The molecule has 110 valence electrons. The van der Waals surface area contributed by atoms with Crippen LogP contribution in [-0.2, 0) is 0 Å². The Labute approximate surface area is 118 Å². The van der Waals surface area contributed by atoms with Crippen molar-refractivity contribution in [3.05, 3.63) is 28.3 Å². The van der Waals surface area contributed by atoms with Crippen molar-refractivity contribution in [2.24, 2.45) is 0 Å². The summed E-state index contributed by atoms with van der Waals surface area (Å²) in [6, 6.07) is 5.16. The van der Waals surface area contributed by atoms with Gasteiger partial charge in [0.05, 0.1) is 23.7 Å². The first-order valence-electron chi connectivity index (χ1n) is 6.85. The second-order valence-electron chi connectivity index (χ2n) is 5.26. The zero-order valence-corrected chi connectivity index (χ0v) is 11.8. The summed E-state index contributed by atoms with van der Waals surface area (Å²) in [7, 11) is 0. The number of nitro groups is 1. The van der Waals surface area contributed by atoms with E-state index < -0.39 is 4.92 Å². The summed E-state index contributed by atoms with van der Waals surface area (Å²) in [6.45, 7) is 4.27. The van der Waals surface area contributed by atoms with Crippen LogP contribution < -0.4 is 9.64 Å². The third-order valence-corrected chi connectivity index (χ3v) is 3.12. The molecule has 0 unspecified atom stereocenters. The Morgan fingerprint density at radius 1 is 1.45 bits per heavy atom. The smallest absolute Gasteiger partial charge is 0.275 e. The number of aliphatic hydroxyl groups is 1. The maximum Gasteiger partial charge on any atom is 0.275 e. The first kappa shape index (κ1) is 14.6. The average Bonchev–Trinajstić information content (AvgIpc) is 3.18. The second kappa shape index (κ2) is 6.09. The highest BCUT2D eigenvalue weighted by Crippen LogP contribution is 2.35. The van der Waals surface area contributed by atoms with Gasteiger partial charge in [0, 0.05) is 30.4 Å². The zero-order valence-electron chi connectivity index (χ0n) is 11.8. The van der Waals surface area contributed by atoms with E-state index in [0.29, 0.717) is 18.3 Å². The van der Waals surface area contributed by atoms with Crippen LogP contribution in [0.1, 0.15) is 26.7 Å². The van der Waals surface area contributed by atoms with Gasteiger partial charge in [0.25, 0.3) is 5.69 Å². The summed E-state index contributed by atoms with van der Waals surface area (Å²) in [4.78, 5) is 12.6. The van der Waals surface area contributed by atoms with E-state index in [4.69, 9.17) is 9.84 Å². The van der Waals surface area contributed by atoms with Gasteiger partial charge in [-0.05, 0) is 26.7 Å². The quantitative estimate of drug-likeness (QED) is 0.613. The van der Waals surface area contributed by atoms with Gasteiger partial charge in [0.15, 0.2) is 0 Å². The molecule has 0 aliphatic heterocycles. The number of rotatable bonds is 7. The number of hydrogen-bond donors (Lipinski definition) is 1. The molecule has 0 bridgehead atoms. The molecule has 0 aromatic heterocycles. The van der Waals surface area contributed by atoms with E-state index in [1.165, 1.54) is 6.07 Å². The molecule has 0 atom stereocenters.